The van der Waals surface area contributed by atoms with Crippen molar-refractivity contribution in [2.24, 2.45) is 11.7 Å². The van der Waals surface area contributed by atoms with E-state index in [9.17, 15) is 4.39 Å². The van der Waals surface area contributed by atoms with Crippen molar-refractivity contribution in [3.8, 4) is 0 Å². The van der Waals surface area contributed by atoms with E-state index in [1.165, 1.54) is 32.0 Å². The van der Waals surface area contributed by atoms with E-state index in [1.807, 2.05) is 0 Å². The number of hydrogen-bond acceptors (Lipinski definition) is 3. The van der Waals surface area contributed by atoms with Gasteiger partial charge in [0.15, 0.2) is 5.82 Å². The van der Waals surface area contributed by atoms with Gasteiger partial charge in [0.2, 0.25) is 0 Å². The van der Waals surface area contributed by atoms with Crippen LogP contribution in [-0.4, -0.2) is 9.97 Å². The van der Waals surface area contributed by atoms with E-state index < -0.39 is 0 Å². The predicted octanol–water partition coefficient (Wildman–Crippen LogP) is 2.20. The summed E-state index contributed by atoms with van der Waals surface area (Å²) < 4.78 is 13.7. The Morgan fingerprint density at radius 2 is 1.94 bits per heavy atom. The van der Waals surface area contributed by atoms with Crippen LogP contribution in [0.4, 0.5) is 4.39 Å². The van der Waals surface area contributed by atoms with Crippen LogP contribution in [0.3, 0.4) is 0 Å². The molecule has 3 nitrogen and oxygen atoms in total. The highest BCUT2D eigenvalue weighted by molar-refractivity contribution is 5.11. The van der Waals surface area contributed by atoms with Crippen LogP contribution in [0.25, 0.3) is 0 Å². The lowest BCUT2D eigenvalue weighted by Gasteiger charge is -2.09. The molecule has 0 saturated heterocycles. The maximum Gasteiger partial charge on any atom is 0.167 e. The molecule has 1 aromatic rings. The highest BCUT2D eigenvalue weighted by atomic mass is 19.1. The van der Waals surface area contributed by atoms with Crippen LogP contribution in [0.15, 0.2) is 6.33 Å². The van der Waals surface area contributed by atoms with E-state index in [0.29, 0.717) is 17.8 Å². The summed E-state index contributed by atoms with van der Waals surface area (Å²) in [6.45, 7) is 0.144. The number of halogens is 1. The van der Waals surface area contributed by atoms with Crippen molar-refractivity contribution in [1.29, 1.82) is 0 Å². The molecular weight excluding hydrogens is 205 g/mol. The van der Waals surface area contributed by atoms with Gasteiger partial charge in [0.1, 0.15) is 6.33 Å². The Bertz CT molecular complexity index is 348. The van der Waals surface area contributed by atoms with E-state index in [0.717, 1.165) is 12.3 Å². The lowest BCUT2D eigenvalue weighted by molar-refractivity contribution is 0.485. The third kappa shape index (κ3) is 2.55. The van der Waals surface area contributed by atoms with Crippen LogP contribution in [0.5, 0.6) is 0 Å². The van der Waals surface area contributed by atoms with Crippen LogP contribution < -0.4 is 5.73 Å². The molecule has 0 amide bonds. The minimum absolute atomic E-state index is 0.144. The van der Waals surface area contributed by atoms with Gasteiger partial charge in [0, 0.05) is 6.54 Å². The average molecular weight is 223 g/mol. The summed E-state index contributed by atoms with van der Waals surface area (Å²) in [5.41, 5.74) is 6.27. The van der Waals surface area contributed by atoms with Crippen molar-refractivity contribution < 1.29 is 4.39 Å². The SMILES string of the molecule is NCc1ncnc(CCC2CCCC2)c1F. The normalized spacial score (nSPS) is 16.9. The molecule has 1 fully saturated rings. The van der Waals surface area contributed by atoms with Crippen molar-refractivity contribution in [3.05, 3.63) is 23.5 Å². The van der Waals surface area contributed by atoms with Crippen molar-refractivity contribution >= 4 is 0 Å². The maximum absolute atomic E-state index is 13.7. The molecule has 0 unspecified atom stereocenters. The molecular formula is C12H18FN3. The highest BCUT2D eigenvalue weighted by Crippen LogP contribution is 2.28. The fourth-order valence-corrected chi connectivity index (χ4v) is 2.40. The number of nitrogens with zero attached hydrogens (tertiary/aromatic N) is 2. The lowest BCUT2D eigenvalue weighted by atomic mass is 10.0. The van der Waals surface area contributed by atoms with Gasteiger partial charge in [-0.05, 0) is 18.8 Å². The zero-order valence-corrected chi connectivity index (χ0v) is 9.45. The molecule has 0 radical (unpaired) electrons. The molecule has 1 saturated carbocycles. The smallest absolute Gasteiger partial charge is 0.167 e. The fraction of sp³-hybridized carbons (Fsp3) is 0.667. The number of aryl methyl sites for hydroxylation is 1. The van der Waals surface area contributed by atoms with Gasteiger partial charge in [-0.25, -0.2) is 14.4 Å². The van der Waals surface area contributed by atoms with Crippen LogP contribution in [0.1, 0.15) is 43.5 Å². The summed E-state index contributed by atoms with van der Waals surface area (Å²) in [5, 5.41) is 0. The Hall–Kier alpha value is -1.03. The molecule has 0 aromatic carbocycles. The minimum Gasteiger partial charge on any atom is -0.325 e. The van der Waals surface area contributed by atoms with Crippen LogP contribution >= 0.6 is 0 Å². The lowest BCUT2D eigenvalue weighted by Crippen LogP contribution is -2.08. The summed E-state index contributed by atoms with van der Waals surface area (Å²) >= 11 is 0. The van der Waals surface area contributed by atoms with E-state index in [4.69, 9.17) is 5.73 Å². The number of rotatable bonds is 4. The van der Waals surface area contributed by atoms with Crippen molar-refractivity contribution in [2.45, 2.75) is 45.1 Å². The van der Waals surface area contributed by atoms with Gasteiger partial charge in [-0.3, -0.25) is 0 Å². The molecule has 2 N–H and O–H groups in total. The summed E-state index contributed by atoms with van der Waals surface area (Å²) in [7, 11) is 0. The maximum atomic E-state index is 13.7. The second kappa shape index (κ2) is 5.34. The van der Waals surface area contributed by atoms with Crippen molar-refractivity contribution in [1.82, 2.24) is 9.97 Å². The molecule has 1 heterocycles. The highest BCUT2D eigenvalue weighted by Gasteiger charge is 2.17. The molecule has 0 bridgehead atoms. The first-order chi connectivity index (χ1) is 7.81. The van der Waals surface area contributed by atoms with E-state index in [1.54, 1.807) is 0 Å². The summed E-state index contributed by atoms with van der Waals surface area (Å²) in [6.07, 6.45) is 8.39. The van der Waals surface area contributed by atoms with Crippen molar-refractivity contribution in [2.75, 3.05) is 0 Å². The molecule has 0 atom stereocenters. The van der Waals surface area contributed by atoms with Crippen LogP contribution in [0, 0.1) is 11.7 Å². The first-order valence-corrected chi connectivity index (χ1v) is 5.99. The zero-order chi connectivity index (χ0) is 11.4. The third-order valence-electron chi connectivity index (χ3n) is 3.39. The molecule has 1 aliphatic rings. The summed E-state index contributed by atoms with van der Waals surface area (Å²) in [5.74, 6) is 0.457. The monoisotopic (exact) mass is 223 g/mol. The quantitative estimate of drug-likeness (QED) is 0.851. The summed E-state index contributed by atoms with van der Waals surface area (Å²) in [4.78, 5) is 7.83. The van der Waals surface area contributed by atoms with Gasteiger partial charge in [-0.1, -0.05) is 25.7 Å². The van der Waals surface area contributed by atoms with Gasteiger partial charge in [0.05, 0.1) is 11.4 Å². The summed E-state index contributed by atoms with van der Waals surface area (Å²) in [6, 6.07) is 0. The van der Waals surface area contributed by atoms with Gasteiger partial charge >= 0.3 is 0 Å². The topological polar surface area (TPSA) is 51.8 Å². The number of aromatic nitrogens is 2. The first-order valence-electron chi connectivity index (χ1n) is 5.99. The standard InChI is InChI=1S/C12H18FN3/c13-12-10(15-8-16-11(12)7-14)6-5-9-3-1-2-4-9/h8-9H,1-7,14H2. The number of hydrogen-bond donors (Lipinski definition) is 1. The van der Waals surface area contributed by atoms with Crippen LogP contribution in [0.2, 0.25) is 0 Å². The van der Waals surface area contributed by atoms with Gasteiger partial charge in [-0.15, -0.1) is 0 Å². The van der Waals surface area contributed by atoms with Crippen LogP contribution in [-0.2, 0) is 13.0 Å². The molecule has 16 heavy (non-hydrogen) atoms. The Kier molecular flexibility index (Phi) is 3.83. The Morgan fingerprint density at radius 1 is 1.25 bits per heavy atom. The van der Waals surface area contributed by atoms with Crippen molar-refractivity contribution in [3.63, 3.8) is 0 Å². The number of nitrogens with two attached hydrogens (primary N) is 1. The van der Waals surface area contributed by atoms with Gasteiger partial charge < -0.3 is 5.73 Å². The molecule has 1 aliphatic carbocycles. The first kappa shape index (κ1) is 11.5. The van der Waals surface area contributed by atoms with E-state index in [-0.39, 0.29) is 12.4 Å². The minimum atomic E-state index is -0.303. The Labute approximate surface area is 95.3 Å². The fourth-order valence-electron chi connectivity index (χ4n) is 2.40. The Balaban J connectivity index is 1.97. The zero-order valence-electron chi connectivity index (χ0n) is 9.45. The molecule has 2 rings (SSSR count). The van der Waals surface area contributed by atoms with E-state index >= 15 is 0 Å². The largest absolute Gasteiger partial charge is 0.325 e. The molecule has 1 aromatic heterocycles. The molecule has 88 valence electrons. The second-order valence-corrected chi connectivity index (χ2v) is 4.47. The predicted molar refractivity (Wildman–Crippen MR) is 60.2 cm³/mol. The van der Waals surface area contributed by atoms with Gasteiger partial charge in [-0.2, -0.15) is 0 Å². The van der Waals surface area contributed by atoms with Gasteiger partial charge in [0.25, 0.3) is 0 Å². The molecule has 0 spiro atoms. The third-order valence-corrected chi connectivity index (χ3v) is 3.39. The second-order valence-electron chi connectivity index (χ2n) is 4.47. The van der Waals surface area contributed by atoms with E-state index in [2.05, 4.69) is 9.97 Å². The average Bonchev–Trinajstić information content (AvgIpc) is 2.81. The molecule has 0 aliphatic heterocycles. The molecule has 4 heteroatoms. The Morgan fingerprint density at radius 3 is 2.62 bits per heavy atom.